The molecule has 0 spiro atoms. The molecule has 0 aliphatic carbocycles. The Hall–Kier alpha value is -3.31. The third-order valence-electron chi connectivity index (χ3n) is 5.00. The Kier molecular flexibility index (Phi) is 4.99. The molecule has 2 N–H and O–H groups in total. The predicted molar refractivity (Wildman–Crippen MR) is 116 cm³/mol. The monoisotopic (exact) mass is 405 g/mol. The lowest BCUT2D eigenvalue weighted by Crippen LogP contribution is -2.40. The van der Waals surface area contributed by atoms with Crippen molar-refractivity contribution in [3.05, 3.63) is 87.9 Å². The summed E-state index contributed by atoms with van der Waals surface area (Å²) >= 11 is 5.91. The zero-order valence-electron chi connectivity index (χ0n) is 16.1. The van der Waals surface area contributed by atoms with E-state index in [1.165, 1.54) is 0 Å². The number of hydrogen-bond donors (Lipinski definition) is 2. The first-order valence-corrected chi connectivity index (χ1v) is 9.57. The second kappa shape index (κ2) is 7.60. The summed E-state index contributed by atoms with van der Waals surface area (Å²) in [5.74, 6) is 0.114. The molecule has 0 saturated carbocycles. The first-order chi connectivity index (χ1) is 13.9. The molecule has 1 aliphatic rings. The Morgan fingerprint density at radius 1 is 1.14 bits per heavy atom. The number of benzene rings is 3. The number of carbonyl (C=O) groups excluding carboxylic acids is 1. The quantitative estimate of drug-likeness (QED) is 0.581. The predicted octanol–water partition coefficient (Wildman–Crippen LogP) is 5.30. The molecule has 1 aliphatic heterocycles. The van der Waals surface area contributed by atoms with Gasteiger partial charge in [-0.15, -0.1) is 0 Å². The maximum atomic E-state index is 12.8. The van der Waals surface area contributed by atoms with Crippen LogP contribution in [0.25, 0.3) is 0 Å². The van der Waals surface area contributed by atoms with Gasteiger partial charge in [0.25, 0.3) is 5.91 Å². The van der Waals surface area contributed by atoms with E-state index >= 15 is 0 Å². The number of amides is 1. The number of nitrogens with one attached hydrogen (secondary N) is 1. The second-order valence-electron chi connectivity index (χ2n) is 7.02. The molecule has 146 valence electrons. The van der Waals surface area contributed by atoms with Crippen LogP contribution >= 0.6 is 11.6 Å². The number of aliphatic imine (C=N–C) groups is 1. The highest BCUT2D eigenvalue weighted by Crippen LogP contribution is 2.34. The smallest absolute Gasteiger partial charge is 0.257 e. The van der Waals surface area contributed by atoms with E-state index in [-0.39, 0.29) is 17.8 Å². The Morgan fingerprint density at radius 2 is 1.86 bits per heavy atom. The van der Waals surface area contributed by atoms with Gasteiger partial charge in [0.15, 0.2) is 0 Å². The number of aryl methyl sites for hydroxylation is 1. The van der Waals surface area contributed by atoms with Crippen LogP contribution in [-0.4, -0.2) is 29.2 Å². The molecule has 1 atom stereocenters. The van der Waals surface area contributed by atoms with E-state index in [0.29, 0.717) is 21.7 Å². The number of para-hydroxylation sites is 1. The van der Waals surface area contributed by atoms with Crippen molar-refractivity contribution in [2.75, 3.05) is 12.4 Å². The third-order valence-corrected chi connectivity index (χ3v) is 5.26. The Labute approximate surface area is 174 Å². The zero-order valence-corrected chi connectivity index (χ0v) is 16.8. The average Bonchev–Trinajstić information content (AvgIpc) is 2.73. The number of carbonyl (C=O) groups is 1. The number of hydrogen-bond acceptors (Lipinski definition) is 4. The molecule has 3 aromatic carbocycles. The fraction of sp³-hybridized carbons (Fsp3) is 0.130. The fourth-order valence-electron chi connectivity index (χ4n) is 3.42. The lowest BCUT2D eigenvalue weighted by atomic mass is 10.00. The largest absolute Gasteiger partial charge is 0.507 e. The summed E-state index contributed by atoms with van der Waals surface area (Å²) in [5.41, 5.74) is 4.32. The van der Waals surface area contributed by atoms with Gasteiger partial charge in [0.2, 0.25) is 0 Å². The number of rotatable bonds is 3. The van der Waals surface area contributed by atoms with Crippen molar-refractivity contribution in [3.63, 3.8) is 0 Å². The highest BCUT2D eigenvalue weighted by molar-refractivity contribution is 6.30. The van der Waals surface area contributed by atoms with Crippen molar-refractivity contribution in [3.8, 4) is 5.75 Å². The van der Waals surface area contributed by atoms with Gasteiger partial charge < -0.3 is 15.3 Å². The van der Waals surface area contributed by atoms with Crippen LogP contribution in [0.3, 0.4) is 0 Å². The Balaban J connectivity index is 1.70. The first-order valence-electron chi connectivity index (χ1n) is 9.20. The van der Waals surface area contributed by atoms with Crippen LogP contribution in [0.5, 0.6) is 5.75 Å². The molecule has 29 heavy (non-hydrogen) atoms. The topological polar surface area (TPSA) is 64.9 Å². The van der Waals surface area contributed by atoms with Gasteiger partial charge in [0.05, 0.1) is 11.3 Å². The number of phenolic OH excluding ortho intramolecular Hbond substituents is 1. The van der Waals surface area contributed by atoms with Crippen LogP contribution < -0.4 is 5.32 Å². The Morgan fingerprint density at radius 3 is 2.62 bits per heavy atom. The van der Waals surface area contributed by atoms with Gasteiger partial charge >= 0.3 is 0 Å². The van der Waals surface area contributed by atoms with E-state index in [2.05, 4.69) is 10.3 Å². The average molecular weight is 406 g/mol. The van der Waals surface area contributed by atoms with E-state index in [9.17, 15) is 9.90 Å². The summed E-state index contributed by atoms with van der Waals surface area (Å²) in [5, 5.41) is 14.6. The number of phenols is 1. The SMILES string of the molecule is Cc1cc(C2Nc3ccccc3C(=O)N2C)cc(C=Nc2ccc(Cl)cc2)c1O. The van der Waals surface area contributed by atoms with Gasteiger partial charge in [0.1, 0.15) is 11.9 Å². The van der Waals surface area contributed by atoms with E-state index in [0.717, 1.165) is 16.9 Å². The molecule has 3 aromatic rings. The first kappa shape index (κ1) is 19.0. The third kappa shape index (κ3) is 3.69. The minimum atomic E-state index is -0.348. The van der Waals surface area contributed by atoms with Crippen LogP contribution in [0.4, 0.5) is 11.4 Å². The summed E-state index contributed by atoms with van der Waals surface area (Å²) in [6.45, 7) is 1.83. The van der Waals surface area contributed by atoms with Gasteiger partial charge in [-0.05, 0) is 66.6 Å². The summed E-state index contributed by atoms with van der Waals surface area (Å²) in [6, 6.07) is 18.3. The highest BCUT2D eigenvalue weighted by Gasteiger charge is 2.30. The van der Waals surface area contributed by atoms with Gasteiger partial charge in [-0.25, -0.2) is 0 Å². The highest BCUT2D eigenvalue weighted by atomic mass is 35.5. The molecular weight excluding hydrogens is 386 g/mol. The molecule has 0 aromatic heterocycles. The zero-order chi connectivity index (χ0) is 20.5. The van der Waals surface area contributed by atoms with Crippen LogP contribution in [0, 0.1) is 6.92 Å². The van der Waals surface area contributed by atoms with Crippen LogP contribution in [0.15, 0.2) is 65.7 Å². The molecule has 0 bridgehead atoms. The molecule has 4 rings (SSSR count). The van der Waals surface area contributed by atoms with Crippen molar-refractivity contribution in [1.29, 1.82) is 0 Å². The number of nitrogens with zero attached hydrogens (tertiary/aromatic N) is 2. The molecule has 0 saturated heterocycles. The molecule has 6 heteroatoms. The van der Waals surface area contributed by atoms with Crippen molar-refractivity contribution in [1.82, 2.24) is 4.90 Å². The van der Waals surface area contributed by atoms with Crippen molar-refractivity contribution >= 4 is 35.1 Å². The summed E-state index contributed by atoms with van der Waals surface area (Å²) in [6.07, 6.45) is 1.27. The number of anilines is 1. The minimum absolute atomic E-state index is 0.0496. The van der Waals surface area contributed by atoms with E-state index in [1.54, 1.807) is 42.4 Å². The minimum Gasteiger partial charge on any atom is -0.507 e. The summed E-state index contributed by atoms with van der Waals surface area (Å²) < 4.78 is 0. The van der Waals surface area contributed by atoms with E-state index in [1.807, 2.05) is 43.3 Å². The maximum Gasteiger partial charge on any atom is 0.257 e. The second-order valence-corrected chi connectivity index (χ2v) is 7.46. The Bertz CT molecular complexity index is 1110. The molecule has 0 fully saturated rings. The molecule has 0 radical (unpaired) electrons. The molecule has 1 heterocycles. The lowest BCUT2D eigenvalue weighted by Gasteiger charge is -2.36. The summed E-state index contributed by atoms with van der Waals surface area (Å²) in [7, 11) is 1.76. The molecule has 5 nitrogen and oxygen atoms in total. The van der Waals surface area contributed by atoms with E-state index < -0.39 is 0 Å². The maximum absolute atomic E-state index is 12.8. The standard InChI is InChI=1S/C23H20ClN3O2/c1-14-11-15(22-26-20-6-4-3-5-19(20)23(29)27(22)2)12-16(21(14)28)13-25-18-9-7-17(24)8-10-18/h3-13,22,26,28H,1-2H3. The molecule has 1 unspecified atom stereocenters. The number of aromatic hydroxyl groups is 1. The fourth-order valence-corrected chi connectivity index (χ4v) is 3.54. The van der Waals surface area contributed by atoms with Crippen molar-refractivity contribution in [2.24, 2.45) is 4.99 Å². The van der Waals surface area contributed by atoms with Crippen LogP contribution in [-0.2, 0) is 0 Å². The number of halogens is 1. The van der Waals surface area contributed by atoms with Gasteiger partial charge in [-0.3, -0.25) is 9.79 Å². The van der Waals surface area contributed by atoms with Crippen LogP contribution in [0.2, 0.25) is 5.02 Å². The number of fused-ring (bicyclic) bond motifs is 1. The van der Waals surface area contributed by atoms with E-state index in [4.69, 9.17) is 11.6 Å². The van der Waals surface area contributed by atoms with Gasteiger partial charge in [0, 0.05) is 29.5 Å². The van der Waals surface area contributed by atoms with Crippen LogP contribution in [0.1, 0.15) is 33.2 Å². The molecule has 1 amide bonds. The lowest BCUT2D eigenvalue weighted by molar-refractivity contribution is 0.0735. The van der Waals surface area contributed by atoms with Gasteiger partial charge in [-0.2, -0.15) is 0 Å². The van der Waals surface area contributed by atoms with Crippen molar-refractivity contribution < 1.29 is 9.90 Å². The normalized spacial score (nSPS) is 16.0. The molecular formula is C23H20ClN3O2. The van der Waals surface area contributed by atoms with Crippen molar-refractivity contribution in [2.45, 2.75) is 13.1 Å². The summed E-state index contributed by atoms with van der Waals surface area (Å²) in [4.78, 5) is 18.9. The van der Waals surface area contributed by atoms with Gasteiger partial charge in [-0.1, -0.05) is 23.7 Å².